The van der Waals surface area contributed by atoms with Crippen LogP contribution >= 0.6 is 27.3 Å². The van der Waals surface area contributed by atoms with Gasteiger partial charge in [0, 0.05) is 32.7 Å². The Morgan fingerprint density at radius 2 is 2.56 bits per heavy atom. The molecule has 0 bridgehead atoms. The molecule has 0 spiro atoms. The quantitative estimate of drug-likeness (QED) is 0.273. The summed E-state index contributed by atoms with van der Waals surface area (Å²) >= 11 is 4.81. The van der Waals surface area contributed by atoms with Crippen LogP contribution in [0.1, 0.15) is 17.8 Å². The molecule has 1 atom stereocenters. The molecule has 1 unspecified atom stereocenters. The second-order valence-electron chi connectivity index (χ2n) is 3.26. The van der Waals surface area contributed by atoms with Gasteiger partial charge in [-0.2, -0.15) is 0 Å². The number of hydrogen-bond acceptors (Lipinski definition) is 5. The molecule has 0 saturated carbocycles. The predicted molar refractivity (Wildman–Crippen MR) is 73.4 cm³/mol. The number of halogens is 1. The first-order chi connectivity index (χ1) is 8.69. The summed E-state index contributed by atoms with van der Waals surface area (Å²) in [5, 5.41) is 8.33. The van der Waals surface area contributed by atoms with E-state index >= 15 is 0 Å². The molecule has 0 aliphatic carbocycles. The fraction of sp³-hybridized carbons (Fsp3) is 0.500. The number of nitrogens with zero attached hydrogens (tertiary/aromatic N) is 3. The van der Waals surface area contributed by atoms with Crippen molar-refractivity contribution in [3.05, 3.63) is 31.2 Å². The lowest BCUT2D eigenvalue weighted by atomic mass is 10.2. The summed E-state index contributed by atoms with van der Waals surface area (Å²) in [5.74, 6) is -0.326. The van der Waals surface area contributed by atoms with E-state index in [1.54, 1.807) is 6.92 Å². The Bertz CT molecular complexity index is 445. The Balaban J connectivity index is 2.68. The fourth-order valence-corrected chi connectivity index (χ4v) is 2.81. The molecule has 1 heterocycles. The first kappa shape index (κ1) is 15.0. The number of hydrogen-bond donors (Lipinski definition) is 1. The second kappa shape index (κ2) is 8.10. The molecule has 0 radical (unpaired) electrons. The predicted octanol–water partition coefficient (Wildman–Crippen LogP) is 3.01. The molecule has 8 heteroatoms. The Hall–Kier alpha value is -1.08. The lowest BCUT2D eigenvalue weighted by Gasteiger charge is -2.15. The Morgan fingerprint density at radius 3 is 3.11 bits per heavy atom. The van der Waals surface area contributed by atoms with Gasteiger partial charge in [-0.15, -0.1) is 11.3 Å². The van der Waals surface area contributed by atoms with Crippen molar-refractivity contribution in [2.24, 2.45) is 5.11 Å². The minimum absolute atomic E-state index is 0.291. The molecule has 0 amide bonds. The average Bonchev–Trinajstić information content (AvgIpc) is 2.76. The second-order valence-corrected chi connectivity index (χ2v) is 5.12. The number of nitrogens with one attached hydrogen (secondary N) is 1. The van der Waals surface area contributed by atoms with Gasteiger partial charge in [0.15, 0.2) is 0 Å². The molecular formula is C10H13BrN4O2S. The number of esters is 1. The summed E-state index contributed by atoms with van der Waals surface area (Å²) in [6.45, 7) is 2.81. The van der Waals surface area contributed by atoms with E-state index in [0.29, 0.717) is 19.7 Å². The standard InChI is InChI=1S/C10H13BrN4O2S/c1-2-17-10(16)9(13-3-4-14-15-12)8-5-7(11)6-18-8/h5-6,9,13H,2-4H2,1H3. The lowest BCUT2D eigenvalue weighted by molar-refractivity contribution is -0.145. The van der Waals surface area contributed by atoms with Crippen molar-refractivity contribution in [1.29, 1.82) is 0 Å². The van der Waals surface area contributed by atoms with Crippen LogP contribution in [0.25, 0.3) is 10.4 Å². The van der Waals surface area contributed by atoms with Gasteiger partial charge in [-0.05, 0) is 34.5 Å². The van der Waals surface area contributed by atoms with Crippen LogP contribution in [0, 0.1) is 0 Å². The molecule has 1 aromatic rings. The van der Waals surface area contributed by atoms with Crippen molar-refractivity contribution in [3.8, 4) is 0 Å². The number of azide groups is 1. The molecule has 0 aliphatic rings. The van der Waals surface area contributed by atoms with Crippen molar-refractivity contribution in [2.45, 2.75) is 13.0 Å². The SMILES string of the molecule is CCOC(=O)C(NCCN=[N+]=[N-])c1cc(Br)cs1. The van der Waals surface area contributed by atoms with Crippen LogP contribution in [0.3, 0.4) is 0 Å². The van der Waals surface area contributed by atoms with Crippen molar-refractivity contribution in [3.63, 3.8) is 0 Å². The number of thiophene rings is 1. The molecule has 1 rings (SSSR count). The van der Waals surface area contributed by atoms with E-state index in [4.69, 9.17) is 10.3 Å². The lowest BCUT2D eigenvalue weighted by Crippen LogP contribution is -2.31. The number of carbonyl (C=O) groups is 1. The summed E-state index contributed by atoms with van der Waals surface area (Å²) in [7, 11) is 0. The molecule has 1 aromatic heterocycles. The van der Waals surface area contributed by atoms with Gasteiger partial charge in [0.05, 0.1) is 6.61 Å². The highest BCUT2D eigenvalue weighted by atomic mass is 79.9. The van der Waals surface area contributed by atoms with Crippen molar-refractivity contribution in [2.75, 3.05) is 19.7 Å². The third-order valence-electron chi connectivity index (χ3n) is 2.02. The Kier molecular flexibility index (Phi) is 6.74. The van der Waals surface area contributed by atoms with Crippen LogP contribution in [-0.2, 0) is 9.53 Å². The monoisotopic (exact) mass is 332 g/mol. The van der Waals surface area contributed by atoms with Crippen LogP contribution in [0.15, 0.2) is 21.0 Å². The van der Waals surface area contributed by atoms with Gasteiger partial charge >= 0.3 is 5.97 Å². The summed E-state index contributed by atoms with van der Waals surface area (Å²) in [5.41, 5.74) is 8.18. The third-order valence-corrected chi connectivity index (χ3v) is 3.78. The van der Waals surface area contributed by atoms with Crippen LogP contribution in [0.4, 0.5) is 0 Å². The maximum Gasteiger partial charge on any atom is 0.328 e. The Labute approximate surface area is 117 Å². The first-order valence-electron chi connectivity index (χ1n) is 5.33. The molecule has 0 saturated heterocycles. The van der Waals surface area contributed by atoms with E-state index in [-0.39, 0.29) is 5.97 Å². The normalized spacial score (nSPS) is 11.7. The fourth-order valence-electron chi connectivity index (χ4n) is 1.31. The van der Waals surface area contributed by atoms with Crippen molar-refractivity contribution in [1.82, 2.24) is 5.32 Å². The Morgan fingerprint density at radius 1 is 1.78 bits per heavy atom. The highest BCUT2D eigenvalue weighted by Crippen LogP contribution is 2.26. The van der Waals surface area contributed by atoms with Gasteiger partial charge < -0.3 is 4.74 Å². The van der Waals surface area contributed by atoms with Crippen LogP contribution in [0.5, 0.6) is 0 Å². The molecule has 18 heavy (non-hydrogen) atoms. The summed E-state index contributed by atoms with van der Waals surface area (Å²) in [4.78, 5) is 15.3. The van der Waals surface area contributed by atoms with Gasteiger partial charge in [-0.25, -0.2) is 4.79 Å². The molecule has 6 nitrogen and oxygen atoms in total. The maximum atomic E-state index is 11.8. The first-order valence-corrected chi connectivity index (χ1v) is 7.01. The van der Waals surface area contributed by atoms with E-state index in [1.807, 2.05) is 11.4 Å². The molecule has 0 aromatic carbocycles. The van der Waals surface area contributed by atoms with Crippen LogP contribution < -0.4 is 5.32 Å². The zero-order valence-corrected chi connectivity index (χ0v) is 12.2. The number of ether oxygens (including phenoxy) is 1. The van der Waals surface area contributed by atoms with Gasteiger partial charge in [0.25, 0.3) is 0 Å². The van der Waals surface area contributed by atoms with Crippen LogP contribution in [-0.4, -0.2) is 25.7 Å². The number of rotatable bonds is 7. The summed E-state index contributed by atoms with van der Waals surface area (Å²) < 4.78 is 5.94. The van der Waals surface area contributed by atoms with E-state index in [9.17, 15) is 4.79 Å². The molecule has 1 N–H and O–H groups in total. The van der Waals surface area contributed by atoms with Gasteiger partial charge in [-0.1, -0.05) is 5.11 Å². The molecule has 0 fully saturated rings. The average molecular weight is 333 g/mol. The minimum Gasteiger partial charge on any atom is -0.465 e. The highest BCUT2D eigenvalue weighted by Gasteiger charge is 2.22. The van der Waals surface area contributed by atoms with E-state index in [0.717, 1.165) is 9.35 Å². The highest BCUT2D eigenvalue weighted by molar-refractivity contribution is 9.10. The van der Waals surface area contributed by atoms with Gasteiger partial charge in [-0.3, -0.25) is 5.32 Å². The molecule has 98 valence electrons. The van der Waals surface area contributed by atoms with Crippen LogP contribution in [0.2, 0.25) is 0 Å². The zero-order valence-electron chi connectivity index (χ0n) is 9.80. The molecular weight excluding hydrogens is 320 g/mol. The zero-order chi connectivity index (χ0) is 13.4. The number of carbonyl (C=O) groups excluding carboxylic acids is 1. The van der Waals surface area contributed by atoms with Crippen molar-refractivity contribution < 1.29 is 9.53 Å². The maximum absolute atomic E-state index is 11.8. The molecule has 0 aliphatic heterocycles. The summed E-state index contributed by atoms with van der Waals surface area (Å²) in [6.07, 6.45) is 0. The van der Waals surface area contributed by atoms with E-state index in [2.05, 4.69) is 31.3 Å². The van der Waals surface area contributed by atoms with E-state index in [1.165, 1.54) is 11.3 Å². The topological polar surface area (TPSA) is 87.1 Å². The summed E-state index contributed by atoms with van der Waals surface area (Å²) in [6, 6.07) is 1.35. The van der Waals surface area contributed by atoms with Gasteiger partial charge in [0.1, 0.15) is 6.04 Å². The largest absolute Gasteiger partial charge is 0.465 e. The third kappa shape index (κ3) is 4.66. The van der Waals surface area contributed by atoms with E-state index < -0.39 is 6.04 Å². The van der Waals surface area contributed by atoms with Gasteiger partial charge in [0.2, 0.25) is 0 Å². The van der Waals surface area contributed by atoms with Crippen molar-refractivity contribution >= 4 is 33.2 Å². The minimum atomic E-state index is -0.518. The smallest absolute Gasteiger partial charge is 0.328 e.